The van der Waals surface area contributed by atoms with Crippen molar-refractivity contribution in [1.82, 2.24) is 0 Å². The predicted octanol–water partition coefficient (Wildman–Crippen LogP) is 2.55. The van der Waals surface area contributed by atoms with Gasteiger partial charge in [-0.15, -0.1) is 0 Å². The van der Waals surface area contributed by atoms with Gasteiger partial charge < -0.3 is 5.11 Å². The highest BCUT2D eigenvalue weighted by Gasteiger charge is 2.05. The number of phenolic OH excluding ortho intramolecular Hbond substituents is 1. The first-order valence-corrected chi connectivity index (χ1v) is 4.54. The van der Waals surface area contributed by atoms with E-state index in [-0.39, 0.29) is 11.5 Å². The molecule has 1 aromatic rings. The lowest BCUT2D eigenvalue weighted by Gasteiger charge is -2.03. The number of aryl methyl sites for hydroxylation is 1. The second kappa shape index (κ2) is 4.08. The van der Waals surface area contributed by atoms with Crippen LogP contribution in [0.25, 0.3) is 0 Å². The Morgan fingerprint density at radius 3 is 2.62 bits per heavy atom. The molecule has 1 N–H and O–H groups in total. The van der Waals surface area contributed by atoms with Gasteiger partial charge in [0.2, 0.25) is 0 Å². The number of rotatable bonds is 3. The number of ketones is 1. The third-order valence-electron chi connectivity index (χ3n) is 2.10. The lowest BCUT2D eigenvalue weighted by Crippen LogP contribution is -1.97. The molecule has 0 aromatic heterocycles. The Morgan fingerprint density at radius 1 is 1.38 bits per heavy atom. The molecule has 0 unspecified atom stereocenters. The fourth-order valence-electron chi connectivity index (χ4n) is 1.25. The number of aromatic hydroxyl groups is 1. The highest BCUT2D eigenvalue weighted by Crippen LogP contribution is 2.19. The Balaban J connectivity index is 3.06. The van der Waals surface area contributed by atoms with Crippen molar-refractivity contribution >= 4 is 5.78 Å². The van der Waals surface area contributed by atoms with Gasteiger partial charge in [0.1, 0.15) is 5.75 Å². The monoisotopic (exact) mass is 178 g/mol. The number of hydrogen-bond donors (Lipinski definition) is 1. The number of benzene rings is 1. The van der Waals surface area contributed by atoms with Crippen molar-refractivity contribution in [2.45, 2.75) is 26.7 Å². The molecular formula is C11H14O2. The molecule has 0 aliphatic carbocycles. The molecule has 1 aromatic carbocycles. The number of carbonyl (C=O) groups excluding carboxylic acids is 1. The van der Waals surface area contributed by atoms with E-state index in [1.54, 1.807) is 18.2 Å². The van der Waals surface area contributed by atoms with Crippen LogP contribution in [0.4, 0.5) is 0 Å². The van der Waals surface area contributed by atoms with E-state index in [2.05, 4.69) is 0 Å². The zero-order chi connectivity index (χ0) is 9.84. The summed E-state index contributed by atoms with van der Waals surface area (Å²) < 4.78 is 0. The van der Waals surface area contributed by atoms with Gasteiger partial charge in [0.15, 0.2) is 5.78 Å². The quantitative estimate of drug-likeness (QED) is 0.722. The van der Waals surface area contributed by atoms with Crippen LogP contribution in [0.1, 0.15) is 36.2 Å². The minimum atomic E-state index is 0.120. The van der Waals surface area contributed by atoms with Crippen molar-refractivity contribution in [3.63, 3.8) is 0 Å². The maximum Gasteiger partial charge on any atom is 0.162 e. The van der Waals surface area contributed by atoms with Crippen molar-refractivity contribution in [3.8, 4) is 5.75 Å². The van der Waals surface area contributed by atoms with Gasteiger partial charge in [-0.3, -0.25) is 4.79 Å². The van der Waals surface area contributed by atoms with E-state index in [1.807, 2.05) is 13.8 Å². The predicted molar refractivity (Wildman–Crippen MR) is 52.1 cm³/mol. The minimum Gasteiger partial charge on any atom is -0.508 e. The smallest absolute Gasteiger partial charge is 0.162 e. The Labute approximate surface area is 78.2 Å². The molecule has 2 nitrogen and oxygen atoms in total. The van der Waals surface area contributed by atoms with E-state index >= 15 is 0 Å². The van der Waals surface area contributed by atoms with Crippen molar-refractivity contribution in [3.05, 3.63) is 29.3 Å². The summed E-state index contributed by atoms with van der Waals surface area (Å²) in [6.45, 7) is 3.79. The first kappa shape index (κ1) is 9.78. The van der Waals surface area contributed by atoms with Gasteiger partial charge in [-0.05, 0) is 30.2 Å². The standard InChI is InChI=1S/C11H14O2/c1-3-8-7-9(10(12)4-2)5-6-11(8)13/h5-7,13H,3-4H2,1-2H3. The Morgan fingerprint density at radius 2 is 2.08 bits per heavy atom. The first-order valence-electron chi connectivity index (χ1n) is 4.54. The molecular weight excluding hydrogens is 164 g/mol. The summed E-state index contributed by atoms with van der Waals surface area (Å²) in [7, 11) is 0. The molecule has 0 aliphatic heterocycles. The van der Waals surface area contributed by atoms with Crippen LogP contribution in [0.3, 0.4) is 0 Å². The molecule has 0 radical (unpaired) electrons. The van der Waals surface area contributed by atoms with Crippen LogP contribution in [0.5, 0.6) is 5.75 Å². The van der Waals surface area contributed by atoms with Gasteiger partial charge in [-0.2, -0.15) is 0 Å². The maximum absolute atomic E-state index is 11.3. The zero-order valence-electron chi connectivity index (χ0n) is 8.00. The average molecular weight is 178 g/mol. The van der Waals surface area contributed by atoms with Gasteiger partial charge in [0.05, 0.1) is 0 Å². The van der Waals surface area contributed by atoms with Crippen LogP contribution in [0, 0.1) is 0 Å². The number of Topliss-reactive ketones (excluding diaryl/α,β-unsaturated/α-hetero) is 1. The lowest BCUT2D eigenvalue weighted by atomic mass is 10.0. The second-order valence-electron chi connectivity index (χ2n) is 2.97. The maximum atomic E-state index is 11.3. The fraction of sp³-hybridized carbons (Fsp3) is 0.364. The lowest BCUT2D eigenvalue weighted by molar-refractivity contribution is 0.0988. The van der Waals surface area contributed by atoms with Crippen LogP contribution >= 0.6 is 0 Å². The van der Waals surface area contributed by atoms with Crippen LogP contribution in [0.2, 0.25) is 0 Å². The van der Waals surface area contributed by atoms with Gasteiger partial charge in [0.25, 0.3) is 0 Å². The molecule has 0 spiro atoms. The summed E-state index contributed by atoms with van der Waals surface area (Å²) in [4.78, 5) is 11.3. The summed E-state index contributed by atoms with van der Waals surface area (Å²) in [5, 5.41) is 9.38. The molecule has 1 rings (SSSR count). The highest BCUT2D eigenvalue weighted by atomic mass is 16.3. The van der Waals surface area contributed by atoms with E-state index in [4.69, 9.17) is 0 Å². The van der Waals surface area contributed by atoms with E-state index in [0.717, 1.165) is 12.0 Å². The molecule has 70 valence electrons. The fourth-order valence-corrected chi connectivity index (χ4v) is 1.25. The number of hydrogen-bond acceptors (Lipinski definition) is 2. The zero-order valence-corrected chi connectivity index (χ0v) is 8.00. The number of carbonyl (C=O) groups is 1. The second-order valence-corrected chi connectivity index (χ2v) is 2.97. The van der Waals surface area contributed by atoms with Gasteiger partial charge in [-0.1, -0.05) is 13.8 Å². The van der Waals surface area contributed by atoms with E-state index in [9.17, 15) is 9.90 Å². The molecule has 0 atom stereocenters. The van der Waals surface area contributed by atoms with E-state index in [0.29, 0.717) is 12.0 Å². The van der Waals surface area contributed by atoms with Crippen molar-refractivity contribution < 1.29 is 9.90 Å². The topological polar surface area (TPSA) is 37.3 Å². The molecule has 0 amide bonds. The first-order chi connectivity index (χ1) is 6.19. The summed E-state index contributed by atoms with van der Waals surface area (Å²) in [6.07, 6.45) is 1.25. The van der Waals surface area contributed by atoms with Crippen LogP contribution in [-0.4, -0.2) is 10.9 Å². The molecule has 0 saturated carbocycles. The highest BCUT2D eigenvalue weighted by molar-refractivity contribution is 5.96. The SMILES string of the molecule is CCC(=O)c1ccc(O)c(CC)c1. The van der Waals surface area contributed by atoms with Crippen molar-refractivity contribution in [2.24, 2.45) is 0 Å². The molecule has 0 fully saturated rings. The summed E-state index contributed by atoms with van der Waals surface area (Å²) in [5.74, 6) is 0.393. The summed E-state index contributed by atoms with van der Waals surface area (Å²) >= 11 is 0. The van der Waals surface area contributed by atoms with Crippen molar-refractivity contribution in [1.29, 1.82) is 0 Å². The minimum absolute atomic E-state index is 0.120. The van der Waals surface area contributed by atoms with Crippen LogP contribution in [0.15, 0.2) is 18.2 Å². The van der Waals surface area contributed by atoms with Crippen molar-refractivity contribution in [2.75, 3.05) is 0 Å². The van der Waals surface area contributed by atoms with Crippen LogP contribution < -0.4 is 0 Å². The molecule has 2 heteroatoms. The van der Waals surface area contributed by atoms with E-state index in [1.165, 1.54) is 0 Å². The molecule has 0 aliphatic rings. The average Bonchev–Trinajstić information content (AvgIpc) is 2.17. The summed E-state index contributed by atoms with van der Waals surface area (Å²) in [6, 6.07) is 5.02. The molecule has 0 bridgehead atoms. The molecule has 0 saturated heterocycles. The molecule has 13 heavy (non-hydrogen) atoms. The molecule has 0 heterocycles. The third-order valence-corrected chi connectivity index (χ3v) is 2.10. The van der Waals surface area contributed by atoms with Gasteiger partial charge >= 0.3 is 0 Å². The largest absolute Gasteiger partial charge is 0.508 e. The van der Waals surface area contributed by atoms with E-state index < -0.39 is 0 Å². The third kappa shape index (κ3) is 2.08. The van der Waals surface area contributed by atoms with Gasteiger partial charge in [0, 0.05) is 12.0 Å². The Kier molecular flexibility index (Phi) is 3.07. The number of phenols is 1. The normalized spacial score (nSPS) is 10.0. The summed E-state index contributed by atoms with van der Waals surface area (Å²) in [5.41, 5.74) is 1.52. The van der Waals surface area contributed by atoms with Crippen LogP contribution in [-0.2, 0) is 6.42 Å². The Hall–Kier alpha value is -1.31. The Bertz CT molecular complexity index is 316. The van der Waals surface area contributed by atoms with Gasteiger partial charge in [-0.25, -0.2) is 0 Å².